The number of pyridine rings is 1. The highest BCUT2D eigenvalue weighted by atomic mass is 32.2. The molecule has 0 aliphatic rings. The Morgan fingerprint density at radius 3 is 2.35 bits per heavy atom. The molecule has 0 saturated heterocycles. The second-order valence-electron chi connectivity index (χ2n) is 7.55. The number of benzene rings is 2. The van der Waals surface area contributed by atoms with E-state index in [1.807, 2.05) is 25.1 Å². The van der Waals surface area contributed by atoms with Gasteiger partial charge in [-0.05, 0) is 65.8 Å². The lowest BCUT2D eigenvalue weighted by atomic mass is 9.91. The van der Waals surface area contributed by atoms with Gasteiger partial charge in [-0.2, -0.15) is 0 Å². The van der Waals surface area contributed by atoms with Crippen LogP contribution in [0.25, 0.3) is 11.1 Å². The summed E-state index contributed by atoms with van der Waals surface area (Å²) in [4.78, 5) is 12.4. The van der Waals surface area contributed by atoms with Crippen LogP contribution in [0, 0.1) is 5.82 Å². The standard InChI is InChI=1S/C25H26FNO3S/c1-4-13-31(29,30)17-21-8-6-7-20(14-18-9-11-23(26)12-10-18)24(21)22-15-19(5-2)25(28)27(3)16-22/h4,6-13,15-16H,5,14,17H2,1-3H3/b13-4+. The van der Waals surface area contributed by atoms with Gasteiger partial charge in [-0.1, -0.05) is 43.3 Å². The van der Waals surface area contributed by atoms with Gasteiger partial charge >= 0.3 is 0 Å². The molecule has 0 radical (unpaired) electrons. The maximum absolute atomic E-state index is 13.4. The number of aryl methyl sites for hydroxylation is 2. The molecule has 6 heteroatoms. The summed E-state index contributed by atoms with van der Waals surface area (Å²) in [6.45, 7) is 3.59. The lowest BCUT2D eigenvalue weighted by Crippen LogP contribution is -2.20. The lowest BCUT2D eigenvalue weighted by Gasteiger charge is -2.17. The van der Waals surface area contributed by atoms with Gasteiger partial charge in [0.05, 0.1) is 5.75 Å². The highest BCUT2D eigenvalue weighted by molar-refractivity contribution is 7.93. The molecule has 1 heterocycles. The Hall–Kier alpha value is -2.99. The molecule has 1 aromatic heterocycles. The minimum absolute atomic E-state index is 0.0645. The predicted octanol–water partition coefficient (Wildman–Crippen LogP) is 4.79. The Balaban J connectivity index is 2.22. The summed E-state index contributed by atoms with van der Waals surface area (Å²) < 4.78 is 40.0. The van der Waals surface area contributed by atoms with Crippen LogP contribution in [-0.4, -0.2) is 13.0 Å². The fourth-order valence-electron chi connectivity index (χ4n) is 3.76. The summed E-state index contributed by atoms with van der Waals surface area (Å²) in [7, 11) is -1.74. The van der Waals surface area contributed by atoms with Crippen molar-refractivity contribution in [3.05, 3.63) is 105 Å². The summed E-state index contributed by atoms with van der Waals surface area (Å²) in [6.07, 6.45) is 4.35. The van der Waals surface area contributed by atoms with Crippen LogP contribution in [0.3, 0.4) is 0 Å². The Morgan fingerprint density at radius 2 is 1.71 bits per heavy atom. The second kappa shape index (κ2) is 9.43. The predicted molar refractivity (Wildman–Crippen MR) is 123 cm³/mol. The summed E-state index contributed by atoms with van der Waals surface area (Å²) >= 11 is 0. The summed E-state index contributed by atoms with van der Waals surface area (Å²) in [6, 6.07) is 13.7. The Labute approximate surface area is 182 Å². The lowest BCUT2D eigenvalue weighted by molar-refractivity contribution is 0.604. The van der Waals surface area contributed by atoms with Crippen LogP contribution in [0.4, 0.5) is 4.39 Å². The first-order valence-corrected chi connectivity index (χ1v) is 11.9. The number of halogens is 1. The van der Waals surface area contributed by atoms with Gasteiger partial charge in [-0.3, -0.25) is 4.79 Å². The molecular weight excluding hydrogens is 413 g/mol. The number of hydrogen-bond donors (Lipinski definition) is 0. The van der Waals surface area contributed by atoms with Crippen molar-refractivity contribution < 1.29 is 12.8 Å². The molecule has 0 bridgehead atoms. The van der Waals surface area contributed by atoms with Gasteiger partial charge in [0, 0.05) is 24.2 Å². The number of rotatable bonds is 7. The van der Waals surface area contributed by atoms with Crippen molar-refractivity contribution in [1.29, 1.82) is 0 Å². The van der Waals surface area contributed by atoms with E-state index in [2.05, 4.69) is 0 Å². The normalized spacial score (nSPS) is 11.9. The third-order valence-electron chi connectivity index (χ3n) is 5.17. The van der Waals surface area contributed by atoms with Gasteiger partial charge in [0.15, 0.2) is 9.84 Å². The summed E-state index contributed by atoms with van der Waals surface area (Å²) in [5.74, 6) is -0.449. The van der Waals surface area contributed by atoms with Crippen LogP contribution < -0.4 is 5.56 Å². The molecule has 4 nitrogen and oxygen atoms in total. The van der Waals surface area contributed by atoms with E-state index in [0.717, 1.165) is 22.3 Å². The molecule has 0 atom stereocenters. The van der Waals surface area contributed by atoms with Crippen molar-refractivity contribution in [3.8, 4) is 11.1 Å². The van der Waals surface area contributed by atoms with E-state index in [1.54, 1.807) is 38.4 Å². The van der Waals surface area contributed by atoms with Crippen LogP contribution in [-0.2, 0) is 35.5 Å². The Morgan fingerprint density at radius 1 is 1.03 bits per heavy atom. The molecule has 0 aliphatic carbocycles. The second-order valence-corrected chi connectivity index (χ2v) is 9.44. The maximum atomic E-state index is 13.4. The topological polar surface area (TPSA) is 56.1 Å². The molecule has 0 aliphatic heterocycles. The smallest absolute Gasteiger partial charge is 0.253 e. The van der Waals surface area contributed by atoms with Gasteiger partial charge in [0.2, 0.25) is 0 Å². The van der Waals surface area contributed by atoms with E-state index in [9.17, 15) is 17.6 Å². The third-order valence-corrected chi connectivity index (χ3v) is 6.57. The van der Waals surface area contributed by atoms with Crippen LogP contribution in [0.1, 0.15) is 36.1 Å². The highest BCUT2D eigenvalue weighted by Gasteiger charge is 2.18. The van der Waals surface area contributed by atoms with Crippen LogP contribution in [0.2, 0.25) is 0 Å². The molecule has 0 amide bonds. The number of allylic oxidation sites excluding steroid dienone is 1. The number of aromatic nitrogens is 1. The van der Waals surface area contributed by atoms with Crippen molar-refractivity contribution >= 4 is 9.84 Å². The first-order valence-electron chi connectivity index (χ1n) is 10.1. The number of sulfone groups is 1. The zero-order valence-electron chi connectivity index (χ0n) is 17.9. The van der Waals surface area contributed by atoms with Gasteiger partial charge in [0.1, 0.15) is 5.82 Å². The molecule has 31 heavy (non-hydrogen) atoms. The fourth-order valence-corrected chi connectivity index (χ4v) is 4.94. The van der Waals surface area contributed by atoms with Crippen molar-refractivity contribution in [2.24, 2.45) is 7.05 Å². The van der Waals surface area contributed by atoms with Crippen LogP contribution in [0.15, 0.2) is 71.0 Å². The van der Waals surface area contributed by atoms with Crippen LogP contribution in [0.5, 0.6) is 0 Å². The highest BCUT2D eigenvalue weighted by Crippen LogP contribution is 2.31. The van der Waals surface area contributed by atoms with Crippen molar-refractivity contribution in [3.63, 3.8) is 0 Å². The molecule has 0 saturated carbocycles. The van der Waals surface area contributed by atoms with E-state index in [1.165, 1.54) is 28.2 Å². The Bertz CT molecular complexity index is 1270. The molecule has 3 rings (SSSR count). The molecular formula is C25H26FNO3S. The summed E-state index contributed by atoms with van der Waals surface area (Å²) in [5, 5.41) is 1.21. The van der Waals surface area contributed by atoms with E-state index in [-0.39, 0.29) is 17.1 Å². The first kappa shape index (κ1) is 22.7. The Kier molecular flexibility index (Phi) is 6.91. The van der Waals surface area contributed by atoms with E-state index in [4.69, 9.17) is 0 Å². The van der Waals surface area contributed by atoms with E-state index >= 15 is 0 Å². The average Bonchev–Trinajstić information content (AvgIpc) is 2.71. The number of hydrogen-bond acceptors (Lipinski definition) is 3. The molecule has 0 fully saturated rings. The zero-order chi connectivity index (χ0) is 22.6. The molecule has 0 N–H and O–H groups in total. The average molecular weight is 440 g/mol. The van der Waals surface area contributed by atoms with Crippen molar-refractivity contribution in [2.75, 3.05) is 0 Å². The SMILES string of the molecule is C/C=C/S(=O)(=O)Cc1cccc(Cc2ccc(F)cc2)c1-c1cc(CC)c(=O)n(C)c1. The zero-order valence-corrected chi connectivity index (χ0v) is 18.7. The van der Waals surface area contributed by atoms with Crippen molar-refractivity contribution in [1.82, 2.24) is 4.57 Å². The minimum atomic E-state index is -3.44. The number of nitrogens with zero attached hydrogens (tertiary/aromatic N) is 1. The van der Waals surface area contributed by atoms with Gasteiger partial charge in [-0.25, -0.2) is 12.8 Å². The van der Waals surface area contributed by atoms with E-state index < -0.39 is 9.84 Å². The third kappa shape index (κ3) is 5.39. The molecule has 0 spiro atoms. The molecule has 0 unspecified atom stereocenters. The van der Waals surface area contributed by atoms with Gasteiger partial charge in [-0.15, -0.1) is 0 Å². The molecule has 3 aromatic rings. The monoisotopic (exact) mass is 439 g/mol. The quantitative estimate of drug-likeness (QED) is 0.532. The first-order chi connectivity index (χ1) is 14.7. The van der Waals surface area contributed by atoms with E-state index in [0.29, 0.717) is 24.0 Å². The summed E-state index contributed by atoms with van der Waals surface area (Å²) in [5.41, 5.74) is 4.69. The van der Waals surface area contributed by atoms with Crippen LogP contribution >= 0.6 is 0 Å². The largest absolute Gasteiger partial charge is 0.318 e. The molecule has 2 aromatic carbocycles. The fraction of sp³-hybridized carbons (Fsp3) is 0.240. The minimum Gasteiger partial charge on any atom is -0.318 e. The van der Waals surface area contributed by atoms with Crippen molar-refractivity contribution in [2.45, 2.75) is 32.4 Å². The molecule has 162 valence electrons. The maximum Gasteiger partial charge on any atom is 0.253 e. The van der Waals surface area contributed by atoms with Gasteiger partial charge in [0.25, 0.3) is 5.56 Å². The van der Waals surface area contributed by atoms with Gasteiger partial charge < -0.3 is 4.57 Å².